The number of rotatable bonds is 1. The Balaban J connectivity index is 3.82. The molecule has 0 rings (SSSR count). The van der Waals surface area contributed by atoms with Crippen molar-refractivity contribution in [1.82, 2.24) is 0 Å². The highest BCUT2D eigenvalue weighted by Crippen LogP contribution is 1.82. The van der Waals surface area contributed by atoms with Gasteiger partial charge in [-0.2, -0.15) is 0 Å². The number of hydrogen-bond acceptors (Lipinski definition) is 0. The van der Waals surface area contributed by atoms with Gasteiger partial charge in [-0.25, -0.2) is 0 Å². The van der Waals surface area contributed by atoms with Crippen LogP contribution >= 0.6 is 0 Å². The maximum Gasteiger partial charge on any atom is 0.104 e. The molecule has 1 heteroatoms. The van der Waals surface area contributed by atoms with Crippen LogP contribution in [-0.2, 0) is 0 Å². The molecule has 0 heterocycles. The lowest BCUT2D eigenvalue weighted by atomic mass is 10.5. The van der Waals surface area contributed by atoms with Crippen LogP contribution in [0.3, 0.4) is 0 Å². The Morgan fingerprint density at radius 1 is 1.71 bits per heavy atom. The molecule has 0 fully saturated rings. The fourth-order valence-electron chi connectivity index (χ4n) is 0.191. The maximum atomic E-state index is 3.69. The molecule has 40 valence electrons. The zero-order valence-corrected chi connectivity index (χ0v) is 5.15. The summed E-state index contributed by atoms with van der Waals surface area (Å²) in [5, 5.41) is 0. The average molecular weight is 97.2 g/mol. The molecule has 0 aromatic rings. The minimum absolute atomic E-state index is 1.02. The van der Waals surface area contributed by atoms with Crippen LogP contribution in [-0.4, -0.2) is 17.8 Å². The highest BCUT2D eigenvalue weighted by molar-refractivity contribution is 5.47. The predicted octanol–water partition coefficient (Wildman–Crippen LogP) is 1.13. The number of nitrogens with zero attached hydrogens (tertiary/aromatic N) is 1. The van der Waals surface area contributed by atoms with Crippen LogP contribution in [0.25, 0.3) is 0 Å². The third kappa shape index (κ3) is 2.15. The molecule has 0 saturated carbocycles. The lowest BCUT2D eigenvalue weighted by molar-refractivity contribution is -0.437. The van der Waals surface area contributed by atoms with E-state index in [1.807, 2.05) is 25.5 Å². The van der Waals surface area contributed by atoms with Gasteiger partial charge in [0.15, 0.2) is 0 Å². The van der Waals surface area contributed by atoms with Crippen LogP contribution in [0, 0.1) is 0 Å². The Hall–Kier alpha value is -0.590. The van der Waals surface area contributed by atoms with Crippen molar-refractivity contribution in [3.63, 3.8) is 0 Å². The van der Waals surface area contributed by atoms with E-state index in [0.29, 0.717) is 0 Å². The van der Waals surface area contributed by atoms with Gasteiger partial charge >= 0.3 is 0 Å². The summed E-state index contributed by atoms with van der Waals surface area (Å²) in [5.74, 6) is 0. The third-order valence-corrected chi connectivity index (χ3v) is 0.908. The Labute approximate surface area is 45.0 Å². The minimum atomic E-state index is 1.02. The molecule has 0 radical (unpaired) electrons. The molecule has 0 atom stereocenters. The molecule has 0 unspecified atom stereocenters. The van der Waals surface area contributed by atoms with E-state index in [4.69, 9.17) is 0 Å². The first kappa shape index (κ1) is 6.41. The average Bonchev–Trinajstić information content (AvgIpc) is 1.65. The lowest BCUT2D eigenvalue weighted by Crippen LogP contribution is -1.99. The summed E-state index contributed by atoms with van der Waals surface area (Å²) >= 11 is 0. The maximum absolute atomic E-state index is 3.69. The monoisotopic (exact) mass is 97.1 g/mol. The minimum Gasteiger partial charge on any atom is -0.371 e. The topological polar surface area (TPSA) is 3.01 Å². The summed E-state index contributed by atoms with van der Waals surface area (Å²) in [4.78, 5) is 0. The summed E-state index contributed by atoms with van der Waals surface area (Å²) in [6.07, 6.45) is 2.90. The lowest BCUT2D eigenvalue weighted by Gasteiger charge is -1.99. The van der Waals surface area contributed by atoms with E-state index in [1.54, 1.807) is 0 Å². The van der Waals surface area contributed by atoms with Gasteiger partial charge in [0.2, 0.25) is 0 Å². The van der Waals surface area contributed by atoms with Crippen LogP contribution in [0.15, 0.2) is 12.3 Å². The molecular weight excluding hydrogens is 86.1 g/mol. The van der Waals surface area contributed by atoms with Gasteiger partial charge in [0.25, 0.3) is 0 Å². The fraction of sp³-hybridized carbons (Fsp3) is 0.500. The van der Waals surface area contributed by atoms with Crippen LogP contribution in [0.4, 0.5) is 0 Å². The Morgan fingerprint density at radius 3 is 2.14 bits per heavy atom. The second-order valence-electron chi connectivity index (χ2n) is 1.52. The quantitative estimate of drug-likeness (QED) is 0.262. The van der Waals surface area contributed by atoms with Crippen LogP contribution < -0.4 is 0 Å². The predicted molar refractivity (Wildman–Crippen MR) is 31.7 cm³/mol. The molecule has 0 spiro atoms. The van der Waals surface area contributed by atoms with Gasteiger partial charge in [0.1, 0.15) is 7.05 Å². The first-order valence-corrected chi connectivity index (χ1v) is 2.25. The molecule has 0 aromatic heterocycles. The number of hydrogen-bond donors (Lipinski definition) is 0. The summed E-state index contributed by atoms with van der Waals surface area (Å²) < 4.78 is 1.85. The van der Waals surface area contributed by atoms with Gasteiger partial charge < -0.3 is 4.58 Å². The van der Waals surface area contributed by atoms with E-state index < -0.39 is 0 Å². The molecular formula is C6H11N. The largest absolute Gasteiger partial charge is 0.371 e. The molecule has 0 aliphatic carbocycles. The van der Waals surface area contributed by atoms with Crippen molar-refractivity contribution in [3.8, 4) is 0 Å². The molecule has 1 nitrogen and oxygen atoms in total. The highest BCUT2D eigenvalue weighted by atomic mass is 15.0. The first-order chi connectivity index (χ1) is 3.18. The Kier molecular flexibility index (Phi) is 2.34. The van der Waals surface area contributed by atoms with Gasteiger partial charge in [0, 0.05) is 11.9 Å². The fourth-order valence-corrected chi connectivity index (χ4v) is 0.191. The summed E-state index contributed by atoms with van der Waals surface area (Å²) in [7, 11) is 1.92. The van der Waals surface area contributed by atoms with Crippen molar-refractivity contribution >= 4 is 6.21 Å². The van der Waals surface area contributed by atoms with Gasteiger partial charge in [-0.05, 0) is 6.92 Å². The molecule has 0 amide bonds. The van der Waals surface area contributed by atoms with E-state index in [2.05, 4.69) is 12.8 Å². The SMILES string of the molecule is C=C(C)[N+](C)=[C-]C. The molecule has 0 bridgehead atoms. The van der Waals surface area contributed by atoms with Gasteiger partial charge in [0.05, 0.1) is 0 Å². The second kappa shape index (κ2) is 2.56. The number of allylic oxidation sites excluding steroid dienone is 1. The Morgan fingerprint density at radius 2 is 2.14 bits per heavy atom. The highest BCUT2D eigenvalue weighted by Gasteiger charge is 1.76. The smallest absolute Gasteiger partial charge is 0.104 e. The summed E-state index contributed by atoms with van der Waals surface area (Å²) in [6.45, 7) is 7.49. The van der Waals surface area contributed by atoms with E-state index >= 15 is 0 Å². The van der Waals surface area contributed by atoms with E-state index in [1.165, 1.54) is 0 Å². The zero-order chi connectivity index (χ0) is 5.86. The van der Waals surface area contributed by atoms with Crippen molar-refractivity contribution < 1.29 is 4.58 Å². The van der Waals surface area contributed by atoms with Gasteiger partial charge in [-0.3, -0.25) is 0 Å². The molecule has 0 aliphatic rings. The van der Waals surface area contributed by atoms with Gasteiger partial charge in [-0.1, -0.05) is 6.92 Å². The first-order valence-electron chi connectivity index (χ1n) is 2.25. The van der Waals surface area contributed by atoms with E-state index in [-0.39, 0.29) is 0 Å². The van der Waals surface area contributed by atoms with Crippen molar-refractivity contribution in [3.05, 3.63) is 12.3 Å². The van der Waals surface area contributed by atoms with Crippen molar-refractivity contribution in [2.24, 2.45) is 0 Å². The molecule has 0 N–H and O–H groups in total. The summed E-state index contributed by atoms with van der Waals surface area (Å²) in [6, 6.07) is 0. The van der Waals surface area contributed by atoms with Crippen LogP contribution in [0.5, 0.6) is 0 Å². The molecule has 0 aliphatic heterocycles. The van der Waals surface area contributed by atoms with E-state index in [0.717, 1.165) is 5.70 Å². The molecule has 0 aromatic carbocycles. The van der Waals surface area contributed by atoms with Crippen molar-refractivity contribution in [2.75, 3.05) is 7.05 Å². The van der Waals surface area contributed by atoms with Crippen LogP contribution in [0.1, 0.15) is 13.8 Å². The summed E-state index contributed by atoms with van der Waals surface area (Å²) in [5.41, 5.74) is 1.02. The normalized spacial score (nSPS) is 11.6. The Bertz CT molecular complexity index is 101. The van der Waals surface area contributed by atoms with Crippen molar-refractivity contribution in [1.29, 1.82) is 0 Å². The zero-order valence-electron chi connectivity index (χ0n) is 5.15. The van der Waals surface area contributed by atoms with Crippen molar-refractivity contribution in [2.45, 2.75) is 13.8 Å². The van der Waals surface area contributed by atoms with Gasteiger partial charge in [-0.15, -0.1) is 6.58 Å². The van der Waals surface area contributed by atoms with Crippen LogP contribution in [0.2, 0.25) is 0 Å². The third-order valence-electron chi connectivity index (χ3n) is 0.908. The van der Waals surface area contributed by atoms with E-state index in [9.17, 15) is 0 Å². The standard InChI is InChI=1S/C6H11N/c1-5-7(4)6(2)3/h2H2,1,3-4H3. The molecule has 7 heavy (non-hydrogen) atoms. The molecule has 0 saturated heterocycles. The second-order valence-corrected chi connectivity index (χ2v) is 1.52.